The first-order chi connectivity index (χ1) is 14.5. The van der Waals surface area contributed by atoms with Gasteiger partial charge in [0.05, 0.1) is 0 Å². The average molecular weight is 409 g/mol. The predicted octanol–water partition coefficient (Wildman–Crippen LogP) is 3.71. The first-order valence-electron chi connectivity index (χ1n) is 10.3. The number of hydrogen-bond donors (Lipinski definition) is 1. The zero-order valence-electron chi connectivity index (χ0n) is 16.6. The van der Waals surface area contributed by atoms with E-state index in [0.717, 1.165) is 17.5 Å². The molecule has 4 amide bonds. The molecule has 0 spiro atoms. The van der Waals surface area contributed by atoms with Crippen LogP contribution in [0.5, 0.6) is 0 Å². The Bertz CT molecular complexity index is 935. The van der Waals surface area contributed by atoms with E-state index in [4.69, 9.17) is 0 Å². The summed E-state index contributed by atoms with van der Waals surface area (Å²) in [5, 5.41) is 2.67. The highest BCUT2D eigenvalue weighted by Crippen LogP contribution is 2.30. The molecule has 2 aliphatic heterocycles. The lowest BCUT2D eigenvalue weighted by atomic mass is 9.95. The summed E-state index contributed by atoms with van der Waals surface area (Å²) in [6.07, 6.45) is 2.88. The number of carbonyl (C=O) groups is 3. The van der Waals surface area contributed by atoms with Gasteiger partial charge >= 0.3 is 6.03 Å². The molecule has 4 rings (SSSR count). The lowest BCUT2D eigenvalue weighted by Crippen LogP contribution is -2.39. The quantitative estimate of drug-likeness (QED) is 0.560. The number of halogens is 1. The molecule has 0 unspecified atom stereocenters. The summed E-state index contributed by atoms with van der Waals surface area (Å²) in [4.78, 5) is 40.4. The van der Waals surface area contributed by atoms with Gasteiger partial charge in [-0.15, -0.1) is 0 Å². The number of amides is 4. The highest BCUT2D eigenvalue weighted by molar-refractivity contribution is 6.04. The maximum Gasteiger partial charge on any atom is 0.327 e. The second-order valence-corrected chi connectivity index (χ2v) is 7.76. The number of carbonyl (C=O) groups excluding carboxylic acids is 3. The van der Waals surface area contributed by atoms with Crippen molar-refractivity contribution in [3.05, 3.63) is 65.5 Å². The van der Waals surface area contributed by atoms with Gasteiger partial charge in [0.2, 0.25) is 5.91 Å². The number of nitrogens with zero attached hydrogens (tertiary/aromatic N) is 2. The molecule has 0 radical (unpaired) electrons. The Hall–Kier alpha value is -3.22. The first-order valence-corrected chi connectivity index (χ1v) is 10.3. The summed E-state index contributed by atoms with van der Waals surface area (Å²) in [6.45, 7) is 0.842. The SMILES string of the molecule is O=C(CCCCCN1C(=O)[C@@H]2Cc3ccccc3CN2C1=O)Nc1cccc(F)c1. The van der Waals surface area contributed by atoms with Gasteiger partial charge in [0.25, 0.3) is 5.91 Å². The third kappa shape index (κ3) is 4.20. The van der Waals surface area contributed by atoms with Crippen LogP contribution in [-0.2, 0) is 22.6 Å². The van der Waals surface area contributed by atoms with Crippen LogP contribution in [0, 0.1) is 5.82 Å². The normalized spacial score (nSPS) is 17.7. The van der Waals surface area contributed by atoms with Crippen molar-refractivity contribution in [3.8, 4) is 0 Å². The second kappa shape index (κ2) is 8.65. The van der Waals surface area contributed by atoms with E-state index in [9.17, 15) is 18.8 Å². The third-order valence-corrected chi connectivity index (χ3v) is 5.67. The Morgan fingerprint density at radius 1 is 1.03 bits per heavy atom. The first kappa shape index (κ1) is 20.1. The molecule has 6 nitrogen and oxygen atoms in total. The largest absolute Gasteiger partial charge is 0.327 e. The monoisotopic (exact) mass is 409 g/mol. The number of benzene rings is 2. The molecule has 1 saturated heterocycles. The average Bonchev–Trinajstić information content (AvgIpc) is 2.96. The molecule has 0 aromatic heterocycles. The van der Waals surface area contributed by atoms with Crippen LogP contribution in [0.2, 0.25) is 0 Å². The van der Waals surface area contributed by atoms with Crippen molar-refractivity contribution >= 4 is 23.5 Å². The molecule has 1 fully saturated rings. The van der Waals surface area contributed by atoms with Crippen LogP contribution < -0.4 is 5.32 Å². The van der Waals surface area contributed by atoms with E-state index in [-0.39, 0.29) is 17.8 Å². The lowest BCUT2D eigenvalue weighted by molar-refractivity contribution is -0.128. The van der Waals surface area contributed by atoms with Gasteiger partial charge in [-0.1, -0.05) is 36.8 Å². The minimum absolute atomic E-state index is 0.127. The Morgan fingerprint density at radius 3 is 2.63 bits per heavy atom. The molecule has 0 aliphatic carbocycles. The number of unbranched alkanes of at least 4 members (excludes halogenated alkanes) is 2. The number of rotatable bonds is 7. The minimum atomic E-state index is -0.399. The number of urea groups is 1. The fraction of sp³-hybridized carbons (Fsp3) is 0.348. The summed E-state index contributed by atoms with van der Waals surface area (Å²) >= 11 is 0. The van der Waals surface area contributed by atoms with Gasteiger partial charge in [-0.25, -0.2) is 9.18 Å². The van der Waals surface area contributed by atoms with Crippen molar-refractivity contribution < 1.29 is 18.8 Å². The van der Waals surface area contributed by atoms with Crippen LogP contribution in [0.3, 0.4) is 0 Å². The molecule has 2 aliphatic rings. The maximum absolute atomic E-state index is 13.2. The third-order valence-electron chi connectivity index (χ3n) is 5.67. The second-order valence-electron chi connectivity index (χ2n) is 7.76. The van der Waals surface area contributed by atoms with Crippen molar-refractivity contribution in [2.75, 3.05) is 11.9 Å². The fourth-order valence-electron chi connectivity index (χ4n) is 4.10. The van der Waals surface area contributed by atoms with Gasteiger partial charge in [-0.05, 0) is 42.2 Å². The van der Waals surface area contributed by atoms with Crippen LogP contribution in [0.4, 0.5) is 14.9 Å². The van der Waals surface area contributed by atoms with Crippen LogP contribution >= 0.6 is 0 Å². The van der Waals surface area contributed by atoms with Crippen LogP contribution in [0.25, 0.3) is 0 Å². The Kier molecular flexibility index (Phi) is 5.79. The van der Waals surface area contributed by atoms with Gasteiger partial charge in [-0.3, -0.25) is 14.5 Å². The van der Waals surface area contributed by atoms with E-state index < -0.39 is 11.9 Å². The molecule has 30 heavy (non-hydrogen) atoms. The summed E-state index contributed by atoms with van der Waals surface area (Å²) < 4.78 is 13.2. The molecule has 156 valence electrons. The van der Waals surface area contributed by atoms with Crippen LogP contribution in [0.15, 0.2) is 48.5 Å². The zero-order chi connectivity index (χ0) is 21.1. The van der Waals surface area contributed by atoms with E-state index in [1.54, 1.807) is 17.0 Å². The Morgan fingerprint density at radius 2 is 1.83 bits per heavy atom. The zero-order valence-corrected chi connectivity index (χ0v) is 16.6. The molecular formula is C23H24FN3O3. The summed E-state index contributed by atoms with van der Waals surface area (Å²) in [5.74, 6) is -0.700. The maximum atomic E-state index is 13.2. The molecule has 2 heterocycles. The summed E-state index contributed by atoms with van der Waals surface area (Å²) in [7, 11) is 0. The molecule has 1 atom stereocenters. The fourth-order valence-corrected chi connectivity index (χ4v) is 4.10. The topological polar surface area (TPSA) is 69.7 Å². The minimum Gasteiger partial charge on any atom is -0.326 e. The smallest absolute Gasteiger partial charge is 0.326 e. The van der Waals surface area contributed by atoms with E-state index >= 15 is 0 Å². The molecule has 7 heteroatoms. The number of imide groups is 1. The lowest BCUT2D eigenvalue weighted by Gasteiger charge is -2.28. The summed E-state index contributed by atoms with van der Waals surface area (Å²) in [5.41, 5.74) is 2.66. The number of hydrogen-bond acceptors (Lipinski definition) is 3. The molecule has 0 saturated carbocycles. The van der Waals surface area contributed by atoms with Crippen molar-refractivity contribution in [3.63, 3.8) is 0 Å². The number of anilines is 1. The Labute approximate surface area is 174 Å². The van der Waals surface area contributed by atoms with Gasteiger partial charge in [-0.2, -0.15) is 0 Å². The van der Waals surface area contributed by atoms with Gasteiger partial charge < -0.3 is 10.2 Å². The van der Waals surface area contributed by atoms with Crippen molar-refractivity contribution in [1.82, 2.24) is 9.80 Å². The predicted molar refractivity (Wildman–Crippen MR) is 110 cm³/mol. The van der Waals surface area contributed by atoms with Crippen molar-refractivity contribution in [2.45, 2.75) is 44.7 Å². The van der Waals surface area contributed by atoms with Gasteiger partial charge in [0.1, 0.15) is 11.9 Å². The van der Waals surface area contributed by atoms with Gasteiger partial charge in [0, 0.05) is 31.6 Å². The van der Waals surface area contributed by atoms with E-state index in [1.165, 1.54) is 17.0 Å². The van der Waals surface area contributed by atoms with E-state index in [1.807, 2.05) is 24.3 Å². The van der Waals surface area contributed by atoms with Gasteiger partial charge in [0.15, 0.2) is 0 Å². The standard InChI is InChI=1S/C23H24FN3O3/c24-18-9-6-10-19(14-18)25-21(28)11-2-1-5-12-26-22(29)20-13-16-7-3-4-8-17(16)15-27(20)23(26)30/h3-4,6-10,14,20H,1-2,5,11-13,15H2,(H,25,28)/t20-/m0/s1. The Balaban J connectivity index is 1.22. The molecular weight excluding hydrogens is 385 g/mol. The summed E-state index contributed by atoms with van der Waals surface area (Å²) in [6, 6.07) is 13.1. The van der Waals surface area contributed by atoms with Crippen LogP contribution in [0.1, 0.15) is 36.8 Å². The highest BCUT2D eigenvalue weighted by Gasteiger charge is 2.46. The van der Waals surface area contributed by atoms with E-state index in [0.29, 0.717) is 44.5 Å². The molecule has 2 aromatic rings. The molecule has 0 bridgehead atoms. The van der Waals surface area contributed by atoms with Crippen molar-refractivity contribution in [1.29, 1.82) is 0 Å². The number of fused-ring (bicyclic) bond motifs is 2. The van der Waals surface area contributed by atoms with Crippen LogP contribution in [-0.4, -0.2) is 40.2 Å². The van der Waals surface area contributed by atoms with E-state index in [2.05, 4.69) is 5.32 Å². The molecule has 1 N–H and O–H groups in total. The molecule has 2 aromatic carbocycles. The number of nitrogens with one attached hydrogen (secondary N) is 1. The highest BCUT2D eigenvalue weighted by atomic mass is 19.1. The van der Waals surface area contributed by atoms with Crippen molar-refractivity contribution in [2.24, 2.45) is 0 Å².